The lowest BCUT2D eigenvalue weighted by Gasteiger charge is -2.29. The number of hydrogen-bond donors (Lipinski definition) is 1. The zero-order valence-corrected chi connectivity index (χ0v) is 11.1. The van der Waals surface area contributed by atoms with Crippen molar-refractivity contribution in [2.75, 3.05) is 13.2 Å². The molecular formula is C13H22N4O. The summed E-state index contributed by atoms with van der Waals surface area (Å²) in [7, 11) is 0. The predicted octanol–water partition coefficient (Wildman–Crippen LogP) is 1.13. The molecule has 0 amide bonds. The quantitative estimate of drug-likeness (QED) is 0.873. The first kappa shape index (κ1) is 12.1. The molecule has 1 fully saturated rings. The van der Waals surface area contributed by atoms with Crippen LogP contribution < -0.4 is 5.32 Å². The summed E-state index contributed by atoms with van der Waals surface area (Å²) < 4.78 is 7.76. The van der Waals surface area contributed by atoms with Gasteiger partial charge < -0.3 is 14.6 Å². The summed E-state index contributed by atoms with van der Waals surface area (Å²) in [4.78, 5) is 0. The Bertz CT molecular complexity index is 404. The maximum Gasteiger partial charge on any atom is 0.147 e. The van der Waals surface area contributed by atoms with Gasteiger partial charge in [-0.15, -0.1) is 10.2 Å². The molecule has 0 radical (unpaired) electrons. The molecule has 3 heterocycles. The van der Waals surface area contributed by atoms with Gasteiger partial charge in [0.25, 0.3) is 0 Å². The molecule has 2 aliphatic heterocycles. The Morgan fingerprint density at radius 2 is 2.33 bits per heavy atom. The van der Waals surface area contributed by atoms with Crippen LogP contribution >= 0.6 is 0 Å². The highest BCUT2D eigenvalue weighted by atomic mass is 16.5. The topological polar surface area (TPSA) is 52.0 Å². The van der Waals surface area contributed by atoms with E-state index in [4.69, 9.17) is 4.74 Å². The van der Waals surface area contributed by atoms with Gasteiger partial charge in [-0.3, -0.25) is 0 Å². The molecule has 0 aromatic carbocycles. The SMILES string of the molecule is CC1COCCC1NCc1nnc2n1CCCC2. The Balaban J connectivity index is 1.61. The van der Waals surface area contributed by atoms with Crippen molar-refractivity contribution >= 4 is 0 Å². The van der Waals surface area contributed by atoms with Gasteiger partial charge in [-0.2, -0.15) is 0 Å². The Hall–Kier alpha value is -0.940. The third kappa shape index (κ3) is 2.42. The zero-order valence-electron chi connectivity index (χ0n) is 11.1. The van der Waals surface area contributed by atoms with E-state index in [1.807, 2.05) is 0 Å². The van der Waals surface area contributed by atoms with Crippen LogP contribution in [0.3, 0.4) is 0 Å². The Labute approximate surface area is 108 Å². The maximum atomic E-state index is 5.47. The van der Waals surface area contributed by atoms with E-state index >= 15 is 0 Å². The molecule has 2 aliphatic rings. The van der Waals surface area contributed by atoms with E-state index in [-0.39, 0.29) is 0 Å². The highest BCUT2D eigenvalue weighted by Gasteiger charge is 2.22. The Kier molecular flexibility index (Phi) is 3.61. The monoisotopic (exact) mass is 250 g/mol. The summed E-state index contributed by atoms with van der Waals surface area (Å²) >= 11 is 0. The normalized spacial score (nSPS) is 28.1. The van der Waals surface area contributed by atoms with Crippen molar-refractivity contribution < 1.29 is 4.74 Å². The van der Waals surface area contributed by atoms with E-state index in [0.717, 1.165) is 50.8 Å². The van der Waals surface area contributed by atoms with Crippen molar-refractivity contribution in [3.05, 3.63) is 11.6 Å². The summed E-state index contributed by atoms with van der Waals surface area (Å²) in [6.45, 7) is 5.91. The molecule has 2 atom stereocenters. The van der Waals surface area contributed by atoms with Crippen LogP contribution in [-0.2, 0) is 24.2 Å². The van der Waals surface area contributed by atoms with Gasteiger partial charge >= 0.3 is 0 Å². The van der Waals surface area contributed by atoms with Crippen molar-refractivity contribution in [3.8, 4) is 0 Å². The lowest BCUT2D eigenvalue weighted by Crippen LogP contribution is -2.41. The first-order valence-electron chi connectivity index (χ1n) is 7.06. The summed E-state index contributed by atoms with van der Waals surface area (Å²) in [5.74, 6) is 2.85. The third-order valence-electron chi connectivity index (χ3n) is 4.10. The van der Waals surface area contributed by atoms with Gasteiger partial charge in [0.15, 0.2) is 0 Å². The maximum absolute atomic E-state index is 5.47. The fourth-order valence-electron chi connectivity index (χ4n) is 2.91. The lowest BCUT2D eigenvalue weighted by atomic mass is 9.98. The molecule has 1 N–H and O–H groups in total. The van der Waals surface area contributed by atoms with Crippen LogP contribution in [0.4, 0.5) is 0 Å². The van der Waals surface area contributed by atoms with Crippen LogP contribution in [0.5, 0.6) is 0 Å². The van der Waals surface area contributed by atoms with Gasteiger partial charge in [-0.1, -0.05) is 6.92 Å². The van der Waals surface area contributed by atoms with Crippen LogP contribution in [-0.4, -0.2) is 34.0 Å². The van der Waals surface area contributed by atoms with Crippen molar-refractivity contribution in [2.24, 2.45) is 5.92 Å². The first-order valence-corrected chi connectivity index (χ1v) is 7.06. The number of nitrogens with one attached hydrogen (secondary N) is 1. The average Bonchev–Trinajstić information content (AvgIpc) is 2.81. The molecule has 1 saturated heterocycles. The minimum atomic E-state index is 0.551. The summed E-state index contributed by atoms with van der Waals surface area (Å²) in [5.41, 5.74) is 0. The largest absolute Gasteiger partial charge is 0.381 e. The average molecular weight is 250 g/mol. The molecule has 18 heavy (non-hydrogen) atoms. The van der Waals surface area contributed by atoms with Gasteiger partial charge in [-0.05, 0) is 25.2 Å². The van der Waals surface area contributed by atoms with Crippen LogP contribution in [0.1, 0.15) is 37.8 Å². The second-order valence-corrected chi connectivity index (χ2v) is 5.47. The standard InChI is InChI=1S/C13H22N4O/c1-10-9-18-7-5-11(10)14-8-13-16-15-12-4-2-3-6-17(12)13/h10-11,14H,2-9H2,1H3. The van der Waals surface area contributed by atoms with Crippen molar-refractivity contribution in [2.45, 2.75) is 51.7 Å². The van der Waals surface area contributed by atoms with E-state index in [1.54, 1.807) is 0 Å². The molecule has 100 valence electrons. The molecule has 1 aromatic heterocycles. The van der Waals surface area contributed by atoms with Crippen molar-refractivity contribution in [3.63, 3.8) is 0 Å². The van der Waals surface area contributed by atoms with Crippen LogP contribution in [0.25, 0.3) is 0 Å². The minimum Gasteiger partial charge on any atom is -0.381 e. The van der Waals surface area contributed by atoms with Crippen LogP contribution in [0.15, 0.2) is 0 Å². The highest BCUT2D eigenvalue weighted by Crippen LogP contribution is 2.16. The summed E-state index contributed by atoms with van der Waals surface area (Å²) in [5, 5.41) is 12.2. The van der Waals surface area contributed by atoms with Crippen LogP contribution in [0.2, 0.25) is 0 Å². The molecule has 2 unspecified atom stereocenters. The number of ether oxygens (including phenoxy) is 1. The second-order valence-electron chi connectivity index (χ2n) is 5.47. The van der Waals surface area contributed by atoms with Gasteiger partial charge in [0.2, 0.25) is 0 Å². The first-order chi connectivity index (χ1) is 8.84. The van der Waals surface area contributed by atoms with E-state index < -0.39 is 0 Å². The number of hydrogen-bond acceptors (Lipinski definition) is 4. The van der Waals surface area contributed by atoms with Gasteiger partial charge in [0, 0.05) is 25.6 Å². The molecule has 0 saturated carbocycles. The smallest absolute Gasteiger partial charge is 0.147 e. The van der Waals surface area contributed by atoms with E-state index in [1.165, 1.54) is 12.8 Å². The molecule has 0 spiro atoms. The minimum absolute atomic E-state index is 0.551. The number of fused-ring (bicyclic) bond motifs is 1. The zero-order chi connectivity index (χ0) is 12.4. The predicted molar refractivity (Wildman–Crippen MR) is 68.2 cm³/mol. The summed E-state index contributed by atoms with van der Waals surface area (Å²) in [6.07, 6.45) is 4.69. The van der Waals surface area contributed by atoms with Gasteiger partial charge in [0.1, 0.15) is 11.6 Å². The molecule has 0 bridgehead atoms. The Morgan fingerprint density at radius 1 is 1.39 bits per heavy atom. The molecule has 3 rings (SSSR count). The van der Waals surface area contributed by atoms with Crippen LogP contribution in [0, 0.1) is 5.92 Å². The number of aryl methyl sites for hydroxylation is 1. The Morgan fingerprint density at radius 3 is 3.22 bits per heavy atom. The van der Waals surface area contributed by atoms with Gasteiger partial charge in [0.05, 0.1) is 13.2 Å². The second kappa shape index (κ2) is 5.36. The van der Waals surface area contributed by atoms with Crippen molar-refractivity contribution in [1.29, 1.82) is 0 Å². The molecule has 5 nitrogen and oxygen atoms in total. The third-order valence-corrected chi connectivity index (χ3v) is 4.10. The fraction of sp³-hybridized carbons (Fsp3) is 0.846. The summed E-state index contributed by atoms with van der Waals surface area (Å²) in [6, 6.07) is 0.551. The van der Waals surface area contributed by atoms with E-state index in [0.29, 0.717) is 12.0 Å². The van der Waals surface area contributed by atoms with Crippen molar-refractivity contribution in [1.82, 2.24) is 20.1 Å². The highest BCUT2D eigenvalue weighted by molar-refractivity contribution is 4.99. The number of aromatic nitrogens is 3. The number of nitrogens with zero attached hydrogens (tertiary/aromatic N) is 3. The molecular weight excluding hydrogens is 228 g/mol. The molecule has 0 aliphatic carbocycles. The molecule has 5 heteroatoms. The molecule has 1 aromatic rings. The van der Waals surface area contributed by atoms with Gasteiger partial charge in [-0.25, -0.2) is 0 Å². The van der Waals surface area contributed by atoms with E-state index in [2.05, 4.69) is 27.0 Å². The fourth-order valence-corrected chi connectivity index (χ4v) is 2.91. The number of rotatable bonds is 3. The lowest BCUT2D eigenvalue weighted by molar-refractivity contribution is 0.0383. The van der Waals surface area contributed by atoms with E-state index in [9.17, 15) is 0 Å².